The highest BCUT2D eigenvalue weighted by molar-refractivity contribution is 6.11. The zero-order chi connectivity index (χ0) is 22.8. The van der Waals surface area contributed by atoms with Crippen LogP contribution in [0, 0.1) is 0 Å². The molecule has 5 nitrogen and oxygen atoms in total. The number of Topliss-reactive ketones (excluding diaryl/α,β-unsaturated/α-hetero) is 1. The molecule has 1 N–H and O–H groups in total. The van der Waals surface area contributed by atoms with Crippen LogP contribution in [-0.4, -0.2) is 21.9 Å². The Morgan fingerprint density at radius 2 is 1.73 bits per heavy atom. The van der Waals surface area contributed by atoms with Gasteiger partial charge in [-0.2, -0.15) is 0 Å². The fourth-order valence-electron chi connectivity index (χ4n) is 4.40. The van der Waals surface area contributed by atoms with Gasteiger partial charge in [-0.1, -0.05) is 67.9 Å². The Kier molecular flexibility index (Phi) is 5.69. The van der Waals surface area contributed by atoms with Crippen LogP contribution in [0.3, 0.4) is 0 Å². The van der Waals surface area contributed by atoms with E-state index < -0.39 is 0 Å². The van der Waals surface area contributed by atoms with Gasteiger partial charge >= 0.3 is 0 Å². The van der Waals surface area contributed by atoms with E-state index in [4.69, 9.17) is 9.72 Å². The van der Waals surface area contributed by atoms with Crippen molar-refractivity contribution in [2.45, 2.75) is 32.7 Å². The van der Waals surface area contributed by atoms with E-state index in [1.807, 2.05) is 73.7 Å². The van der Waals surface area contributed by atoms with E-state index in [0.717, 1.165) is 52.4 Å². The molecule has 0 saturated carbocycles. The number of aromatic nitrogens is 2. The average Bonchev–Trinajstić information content (AvgIpc) is 3.22. The van der Waals surface area contributed by atoms with Gasteiger partial charge in [-0.25, -0.2) is 4.98 Å². The molecule has 166 valence electrons. The Labute approximate surface area is 193 Å². The summed E-state index contributed by atoms with van der Waals surface area (Å²) < 4.78 is 8.00. The van der Waals surface area contributed by atoms with Crippen molar-refractivity contribution in [1.29, 1.82) is 0 Å². The maximum Gasteiger partial charge on any atom is 0.209 e. The zero-order valence-electron chi connectivity index (χ0n) is 18.9. The van der Waals surface area contributed by atoms with Crippen molar-refractivity contribution in [3.8, 4) is 5.75 Å². The maximum atomic E-state index is 13.7. The Balaban J connectivity index is 1.63. The summed E-state index contributed by atoms with van der Waals surface area (Å²) in [5, 5.41) is 3.38. The molecular formula is C28H27N3O2. The third-order valence-corrected chi connectivity index (χ3v) is 6.07. The van der Waals surface area contributed by atoms with Gasteiger partial charge < -0.3 is 10.1 Å². The van der Waals surface area contributed by atoms with Crippen LogP contribution >= 0.6 is 0 Å². The molecule has 33 heavy (non-hydrogen) atoms. The molecule has 5 rings (SSSR count). The first-order chi connectivity index (χ1) is 16.2. The first-order valence-corrected chi connectivity index (χ1v) is 11.4. The predicted octanol–water partition coefficient (Wildman–Crippen LogP) is 6.39. The number of fused-ring (bicyclic) bond motifs is 3. The molecule has 1 aliphatic rings. The molecule has 0 saturated heterocycles. The molecule has 0 fully saturated rings. The number of allylic oxidation sites excluding steroid dienone is 2. The molecule has 0 bridgehead atoms. The molecule has 0 spiro atoms. The Bertz CT molecular complexity index is 1320. The third-order valence-electron chi connectivity index (χ3n) is 6.07. The minimum Gasteiger partial charge on any atom is -0.494 e. The van der Waals surface area contributed by atoms with E-state index >= 15 is 0 Å². The lowest BCUT2D eigenvalue weighted by molar-refractivity contribution is 0.102. The number of hydrogen-bond donors (Lipinski definition) is 1. The number of carbonyl (C=O) groups excluding carboxylic acids is 1. The number of ketones is 1. The molecule has 1 atom stereocenters. The van der Waals surface area contributed by atoms with Crippen molar-refractivity contribution in [3.63, 3.8) is 0 Å². The van der Waals surface area contributed by atoms with E-state index in [9.17, 15) is 4.79 Å². The molecule has 1 aromatic heterocycles. The molecule has 1 unspecified atom stereocenters. The number of para-hydroxylation sites is 2. The highest BCUT2D eigenvalue weighted by atomic mass is 16.5. The Hall–Kier alpha value is -3.86. The second kappa shape index (κ2) is 8.94. The normalized spacial score (nSPS) is 15.3. The number of ether oxygens (including phenoxy) is 1. The number of rotatable bonds is 7. The van der Waals surface area contributed by atoms with Crippen molar-refractivity contribution < 1.29 is 9.53 Å². The summed E-state index contributed by atoms with van der Waals surface area (Å²) in [7, 11) is 0. The Morgan fingerprint density at radius 1 is 1.00 bits per heavy atom. The summed E-state index contributed by atoms with van der Waals surface area (Å²) in [6.07, 6.45) is 2.12. The number of unbranched alkanes of at least 4 members (excludes halogenated alkanes) is 1. The van der Waals surface area contributed by atoms with Gasteiger partial charge in [-0.05, 0) is 43.2 Å². The van der Waals surface area contributed by atoms with E-state index in [1.54, 1.807) is 0 Å². The van der Waals surface area contributed by atoms with Gasteiger partial charge in [0.25, 0.3) is 0 Å². The second-order valence-corrected chi connectivity index (χ2v) is 8.33. The maximum absolute atomic E-state index is 13.7. The number of benzene rings is 3. The van der Waals surface area contributed by atoms with Crippen LogP contribution in [0.15, 0.2) is 90.1 Å². The van der Waals surface area contributed by atoms with Crippen LogP contribution in [0.1, 0.15) is 48.7 Å². The monoisotopic (exact) mass is 437 g/mol. The minimum absolute atomic E-state index is 0.0114. The third kappa shape index (κ3) is 3.91. The van der Waals surface area contributed by atoms with Crippen molar-refractivity contribution in [1.82, 2.24) is 9.55 Å². The molecule has 1 aliphatic heterocycles. The molecule has 2 heterocycles. The van der Waals surface area contributed by atoms with Gasteiger partial charge in [0.2, 0.25) is 5.95 Å². The second-order valence-electron chi connectivity index (χ2n) is 8.33. The number of hydrogen-bond acceptors (Lipinski definition) is 4. The number of anilines is 1. The summed E-state index contributed by atoms with van der Waals surface area (Å²) in [4.78, 5) is 18.5. The van der Waals surface area contributed by atoms with Crippen molar-refractivity contribution in [3.05, 3.63) is 101 Å². The fraction of sp³-hybridized carbons (Fsp3) is 0.214. The van der Waals surface area contributed by atoms with E-state index in [1.165, 1.54) is 0 Å². The van der Waals surface area contributed by atoms with Gasteiger partial charge in [0.05, 0.1) is 23.7 Å². The highest BCUT2D eigenvalue weighted by Gasteiger charge is 2.34. The summed E-state index contributed by atoms with van der Waals surface area (Å²) >= 11 is 0. The largest absolute Gasteiger partial charge is 0.494 e. The average molecular weight is 438 g/mol. The van der Waals surface area contributed by atoms with Gasteiger partial charge in [0, 0.05) is 16.8 Å². The van der Waals surface area contributed by atoms with Gasteiger partial charge in [0.1, 0.15) is 5.75 Å². The molecule has 5 heteroatoms. The molecule has 0 amide bonds. The molecule has 0 radical (unpaired) electrons. The lowest BCUT2D eigenvalue weighted by atomic mass is 9.89. The minimum atomic E-state index is -0.300. The SMILES string of the molecule is CCCCOc1ccc(C2C(C(=O)c3ccccc3)=C(C)Nc3nc4ccccc4n32)cc1. The van der Waals surface area contributed by atoms with Gasteiger partial charge in [-0.15, -0.1) is 0 Å². The number of nitrogens with zero attached hydrogens (tertiary/aromatic N) is 2. The molecule has 4 aromatic rings. The quantitative estimate of drug-likeness (QED) is 0.269. The van der Waals surface area contributed by atoms with Crippen LogP contribution in [0.5, 0.6) is 5.75 Å². The van der Waals surface area contributed by atoms with Crippen LogP contribution in [-0.2, 0) is 0 Å². The smallest absolute Gasteiger partial charge is 0.209 e. The van der Waals surface area contributed by atoms with Crippen molar-refractivity contribution in [2.24, 2.45) is 0 Å². The van der Waals surface area contributed by atoms with Crippen molar-refractivity contribution in [2.75, 3.05) is 11.9 Å². The van der Waals surface area contributed by atoms with Gasteiger partial charge in [-0.3, -0.25) is 9.36 Å². The Morgan fingerprint density at radius 3 is 2.48 bits per heavy atom. The van der Waals surface area contributed by atoms with Crippen LogP contribution in [0.4, 0.5) is 5.95 Å². The fourth-order valence-corrected chi connectivity index (χ4v) is 4.40. The summed E-state index contributed by atoms with van der Waals surface area (Å²) in [5.41, 5.74) is 5.11. The molecule has 3 aromatic carbocycles. The van der Waals surface area contributed by atoms with E-state index in [-0.39, 0.29) is 11.8 Å². The molecule has 0 aliphatic carbocycles. The summed E-state index contributed by atoms with van der Waals surface area (Å²) in [6, 6.07) is 25.3. The predicted molar refractivity (Wildman–Crippen MR) is 132 cm³/mol. The lowest BCUT2D eigenvalue weighted by Crippen LogP contribution is -2.28. The standard InChI is InChI=1S/C28H27N3O2/c1-3-4-18-33-22-16-14-20(15-17-22)26-25(27(32)21-10-6-5-7-11-21)19(2)29-28-30-23-12-8-9-13-24(23)31(26)28/h5-17,26H,3-4,18H2,1-2H3,(H,29,30). The van der Waals surface area contributed by atoms with Gasteiger partial charge in [0.15, 0.2) is 5.78 Å². The van der Waals surface area contributed by atoms with Crippen molar-refractivity contribution >= 4 is 22.8 Å². The number of imidazole rings is 1. The molecular weight excluding hydrogens is 410 g/mol. The van der Waals surface area contributed by atoms with Crippen LogP contribution in [0.25, 0.3) is 11.0 Å². The first-order valence-electron chi connectivity index (χ1n) is 11.4. The number of carbonyl (C=O) groups is 1. The summed E-state index contributed by atoms with van der Waals surface area (Å²) in [6.45, 7) is 4.81. The first kappa shape index (κ1) is 21.0. The van der Waals surface area contributed by atoms with Crippen LogP contribution < -0.4 is 10.1 Å². The zero-order valence-corrected chi connectivity index (χ0v) is 18.9. The van der Waals surface area contributed by atoms with E-state index in [2.05, 4.69) is 28.9 Å². The number of nitrogens with one attached hydrogen (secondary N) is 1. The lowest BCUT2D eigenvalue weighted by Gasteiger charge is -2.31. The topological polar surface area (TPSA) is 56.1 Å². The highest BCUT2D eigenvalue weighted by Crippen LogP contribution is 2.40. The van der Waals surface area contributed by atoms with Crippen LogP contribution in [0.2, 0.25) is 0 Å². The summed E-state index contributed by atoms with van der Waals surface area (Å²) in [5.74, 6) is 1.59. The van der Waals surface area contributed by atoms with E-state index in [0.29, 0.717) is 12.2 Å².